The zero-order valence-corrected chi connectivity index (χ0v) is 20.9. The van der Waals surface area contributed by atoms with Gasteiger partial charge in [-0.25, -0.2) is 0 Å². The van der Waals surface area contributed by atoms with E-state index in [1.807, 2.05) is 6.08 Å². The molecule has 4 rings (SSSR count). The van der Waals surface area contributed by atoms with E-state index in [1.54, 1.807) is 6.08 Å². The van der Waals surface area contributed by atoms with Crippen LogP contribution in [0, 0.1) is 58.7 Å². The molecule has 0 saturated heterocycles. The Morgan fingerprint density at radius 3 is 2.61 bits per heavy atom. The Morgan fingerprint density at radius 2 is 1.85 bits per heavy atom. The Morgan fingerprint density at radius 1 is 1.12 bits per heavy atom. The predicted octanol–water partition coefficient (Wildman–Crippen LogP) is 4.70. The van der Waals surface area contributed by atoms with E-state index in [0.29, 0.717) is 46.3 Å². The van der Waals surface area contributed by atoms with Gasteiger partial charge in [0.25, 0.3) is 0 Å². The number of nitrogens with one attached hydrogen (secondary N) is 1. The number of amides is 1. The summed E-state index contributed by atoms with van der Waals surface area (Å²) in [6.45, 7) is 7.68. The molecule has 4 aliphatic rings. The van der Waals surface area contributed by atoms with Crippen molar-refractivity contribution >= 4 is 5.91 Å². The normalized spacial score (nSPS) is 45.5. The summed E-state index contributed by atoms with van der Waals surface area (Å²) in [5, 5.41) is 24.3. The van der Waals surface area contributed by atoms with Crippen LogP contribution in [-0.4, -0.2) is 34.9 Å². The van der Waals surface area contributed by atoms with Gasteiger partial charge in [-0.2, -0.15) is 0 Å². The van der Waals surface area contributed by atoms with E-state index in [4.69, 9.17) is 6.42 Å². The van der Waals surface area contributed by atoms with Gasteiger partial charge in [-0.15, -0.1) is 6.42 Å². The minimum Gasteiger partial charge on any atom is -0.393 e. The third-order valence-corrected chi connectivity index (χ3v) is 10.8. The van der Waals surface area contributed by atoms with Crippen molar-refractivity contribution in [2.24, 2.45) is 46.3 Å². The van der Waals surface area contributed by atoms with Crippen LogP contribution < -0.4 is 5.32 Å². The minimum atomic E-state index is -0.207. The van der Waals surface area contributed by atoms with Crippen molar-refractivity contribution in [2.45, 2.75) is 97.2 Å². The maximum Gasteiger partial charge on any atom is 0.244 e. The molecule has 4 fully saturated rings. The van der Waals surface area contributed by atoms with E-state index in [0.717, 1.165) is 38.5 Å². The average Bonchev–Trinajstić information content (AvgIpc) is 3.13. The van der Waals surface area contributed by atoms with Gasteiger partial charge in [-0.1, -0.05) is 32.8 Å². The molecule has 0 bridgehead atoms. The highest BCUT2D eigenvalue weighted by Crippen LogP contribution is 2.68. The lowest BCUT2D eigenvalue weighted by Crippen LogP contribution is -2.58. The molecular formula is C29H45NO3. The van der Waals surface area contributed by atoms with Crippen LogP contribution in [0.1, 0.15) is 85.0 Å². The molecule has 0 aromatic carbocycles. The Balaban J connectivity index is 1.41. The number of rotatable bonds is 6. The summed E-state index contributed by atoms with van der Waals surface area (Å²) in [7, 11) is 0. The van der Waals surface area contributed by atoms with Gasteiger partial charge in [0, 0.05) is 0 Å². The average molecular weight is 456 g/mol. The Kier molecular flexibility index (Phi) is 7.32. The third kappa shape index (κ3) is 4.53. The van der Waals surface area contributed by atoms with E-state index < -0.39 is 0 Å². The van der Waals surface area contributed by atoms with Gasteiger partial charge in [0.15, 0.2) is 0 Å². The minimum absolute atomic E-state index is 0.111. The Hall–Kier alpha value is -1.31. The molecule has 4 aliphatic carbocycles. The highest BCUT2D eigenvalue weighted by Gasteiger charge is 2.62. The van der Waals surface area contributed by atoms with Gasteiger partial charge in [-0.3, -0.25) is 4.79 Å². The number of hydrogen-bond acceptors (Lipinski definition) is 3. The highest BCUT2D eigenvalue weighted by atomic mass is 16.3. The highest BCUT2D eigenvalue weighted by molar-refractivity contribution is 5.87. The first-order valence-electron chi connectivity index (χ1n) is 13.4. The standard InChI is InChI=1S/C29H45NO3/c1-5-16-30-26(33)9-7-6-8-19(2)22-10-11-23-27-24(13-15-29(22,23)4)28(3)14-12-21(31)17-20(28)18-25(27)32/h1,7,9,19-25,27,31-32H,6,8,10-18H2,2-4H3,(H,30,33)/b9-7+. The SMILES string of the molecule is C#CCNC(=O)/C=C/CCC(C)C1CCC2C3C(O)CC4CC(O)CCC4(C)C3CCC12C. The maximum absolute atomic E-state index is 11.7. The lowest BCUT2D eigenvalue weighted by molar-refractivity contribution is -0.174. The Labute approximate surface area is 201 Å². The molecule has 184 valence electrons. The zero-order valence-electron chi connectivity index (χ0n) is 20.9. The monoisotopic (exact) mass is 455 g/mol. The largest absolute Gasteiger partial charge is 0.393 e. The molecule has 0 aromatic rings. The number of fused-ring (bicyclic) bond motifs is 5. The van der Waals surface area contributed by atoms with Crippen LogP contribution in [-0.2, 0) is 4.79 Å². The first-order chi connectivity index (χ1) is 15.7. The molecular weight excluding hydrogens is 410 g/mol. The summed E-state index contributed by atoms with van der Waals surface area (Å²) in [5.74, 6) is 5.75. The fourth-order valence-corrected chi connectivity index (χ4v) is 9.12. The molecule has 3 N–H and O–H groups in total. The summed E-state index contributed by atoms with van der Waals surface area (Å²) in [4.78, 5) is 11.7. The summed E-state index contributed by atoms with van der Waals surface area (Å²) in [5.41, 5.74) is 0.603. The van der Waals surface area contributed by atoms with Gasteiger partial charge in [0.05, 0.1) is 18.8 Å². The fourth-order valence-electron chi connectivity index (χ4n) is 9.12. The van der Waals surface area contributed by atoms with Crippen LogP contribution in [0.3, 0.4) is 0 Å². The van der Waals surface area contributed by atoms with Crippen LogP contribution in [0.2, 0.25) is 0 Å². The molecule has 10 unspecified atom stereocenters. The molecule has 10 atom stereocenters. The van der Waals surface area contributed by atoms with E-state index in [9.17, 15) is 15.0 Å². The van der Waals surface area contributed by atoms with E-state index in [-0.39, 0.29) is 24.7 Å². The topological polar surface area (TPSA) is 69.6 Å². The molecule has 0 spiro atoms. The van der Waals surface area contributed by atoms with Crippen molar-refractivity contribution in [3.63, 3.8) is 0 Å². The smallest absolute Gasteiger partial charge is 0.244 e. The number of terminal acetylenes is 1. The van der Waals surface area contributed by atoms with E-state index in [2.05, 4.69) is 32.0 Å². The molecule has 0 aliphatic heterocycles. The van der Waals surface area contributed by atoms with Crippen molar-refractivity contribution in [2.75, 3.05) is 6.54 Å². The van der Waals surface area contributed by atoms with Gasteiger partial charge >= 0.3 is 0 Å². The first kappa shape index (κ1) is 24.8. The Bertz CT molecular complexity index is 786. The second-order valence-electron chi connectivity index (χ2n) is 12.3. The van der Waals surface area contributed by atoms with Gasteiger partial charge in [0.2, 0.25) is 5.91 Å². The van der Waals surface area contributed by atoms with E-state index in [1.165, 1.54) is 25.7 Å². The molecule has 1 amide bonds. The lowest BCUT2D eigenvalue weighted by atomic mass is 9.43. The zero-order chi connectivity index (χ0) is 23.8. The summed E-state index contributed by atoms with van der Waals surface area (Å²) in [6, 6.07) is 0. The van der Waals surface area contributed by atoms with Crippen LogP contribution in [0.15, 0.2) is 12.2 Å². The second-order valence-corrected chi connectivity index (χ2v) is 12.3. The molecule has 0 heterocycles. The first-order valence-corrected chi connectivity index (χ1v) is 13.4. The van der Waals surface area contributed by atoms with Crippen molar-refractivity contribution in [3.8, 4) is 12.3 Å². The predicted molar refractivity (Wildman–Crippen MR) is 132 cm³/mol. The second kappa shape index (κ2) is 9.74. The summed E-state index contributed by atoms with van der Waals surface area (Å²) < 4.78 is 0. The third-order valence-electron chi connectivity index (χ3n) is 10.8. The van der Waals surface area contributed by atoms with E-state index >= 15 is 0 Å². The van der Waals surface area contributed by atoms with Crippen LogP contribution in [0.25, 0.3) is 0 Å². The fraction of sp³-hybridized carbons (Fsp3) is 0.828. The maximum atomic E-state index is 11.7. The van der Waals surface area contributed by atoms with Crippen molar-refractivity contribution in [1.29, 1.82) is 0 Å². The molecule has 4 saturated carbocycles. The van der Waals surface area contributed by atoms with Crippen LogP contribution in [0.5, 0.6) is 0 Å². The van der Waals surface area contributed by atoms with Crippen LogP contribution in [0.4, 0.5) is 0 Å². The molecule has 0 aromatic heterocycles. The van der Waals surface area contributed by atoms with Gasteiger partial charge in [-0.05, 0) is 117 Å². The number of carbonyl (C=O) groups excluding carboxylic acids is 1. The van der Waals surface area contributed by atoms with Crippen molar-refractivity contribution in [3.05, 3.63) is 12.2 Å². The molecule has 4 nitrogen and oxygen atoms in total. The summed E-state index contributed by atoms with van der Waals surface area (Å²) in [6.07, 6.45) is 19.3. The number of hydrogen-bond donors (Lipinski definition) is 3. The lowest BCUT2D eigenvalue weighted by Gasteiger charge is -2.62. The number of aliphatic hydroxyl groups excluding tert-OH is 2. The molecule has 4 heteroatoms. The molecule has 33 heavy (non-hydrogen) atoms. The van der Waals surface area contributed by atoms with Gasteiger partial charge in [0.1, 0.15) is 0 Å². The number of allylic oxidation sites excluding steroid dienone is 1. The van der Waals surface area contributed by atoms with Gasteiger partial charge < -0.3 is 15.5 Å². The molecule has 0 radical (unpaired) electrons. The number of aliphatic hydroxyl groups is 2. The van der Waals surface area contributed by atoms with Crippen molar-refractivity contribution in [1.82, 2.24) is 5.32 Å². The van der Waals surface area contributed by atoms with Crippen LogP contribution >= 0.6 is 0 Å². The number of carbonyl (C=O) groups is 1. The van der Waals surface area contributed by atoms with Crippen molar-refractivity contribution < 1.29 is 15.0 Å². The quantitative estimate of drug-likeness (QED) is 0.402. The summed E-state index contributed by atoms with van der Waals surface area (Å²) >= 11 is 0.